The fraction of sp³-hybridized carbons (Fsp3) is 0.731. The smallest absolute Gasteiger partial charge is 0.248 e. The minimum Gasteiger partial charge on any atom is -0.394 e. The Morgan fingerprint density at radius 2 is 1.94 bits per heavy atom. The van der Waals surface area contributed by atoms with E-state index in [1.165, 1.54) is 4.90 Å². The molecule has 0 aromatic carbocycles. The minimum absolute atomic E-state index is 0.0540. The summed E-state index contributed by atoms with van der Waals surface area (Å²) in [5.74, 6) is -2.16. The molecule has 3 aliphatic heterocycles. The molecule has 3 amide bonds. The number of carbonyl (C=O) groups is 3. The molecule has 9 heteroatoms. The van der Waals surface area contributed by atoms with Gasteiger partial charge in [-0.3, -0.25) is 14.4 Å². The van der Waals surface area contributed by atoms with Gasteiger partial charge in [0.1, 0.15) is 11.6 Å². The zero-order valence-corrected chi connectivity index (χ0v) is 22.9. The maximum absolute atomic E-state index is 14.3. The average molecular weight is 555 g/mol. The van der Waals surface area contributed by atoms with Gasteiger partial charge in [-0.25, -0.2) is 0 Å². The number of fused-ring (bicyclic) bond motifs is 1. The molecule has 0 saturated carbocycles. The van der Waals surface area contributed by atoms with E-state index in [0.717, 1.165) is 12.8 Å². The molecule has 0 aliphatic carbocycles. The predicted molar refractivity (Wildman–Crippen MR) is 138 cm³/mol. The summed E-state index contributed by atoms with van der Waals surface area (Å²) in [7, 11) is 1.69. The van der Waals surface area contributed by atoms with Gasteiger partial charge in [0, 0.05) is 31.0 Å². The Morgan fingerprint density at radius 1 is 1.29 bits per heavy atom. The van der Waals surface area contributed by atoms with Gasteiger partial charge >= 0.3 is 0 Å². The van der Waals surface area contributed by atoms with E-state index in [-0.39, 0.29) is 35.2 Å². The molecule has 3 heterocycles. The molecule has 1 N–H and O–H groups in total. The summed E-state index contributed by atoms with van der Waals surface area (Å²) < 4.78 is 6.56. The third-order valence-electron chi connectivity index (χ3n) is 7.95. The molecule has 0 radical (unpaired) electrons. The Bertz CT molecular complexity index is 849. The zero-order valence-electron chi connectivity index (χ0n) is 21.4. The molecule has 1 spiro atoms. The van der Waals surface area contributed by atoms with E-state index in [1.54, 1.807) is 29.0 Å². The number of likely N-dealkylation sites (tertiary alicyclic amines) is 1. The first-order valence-corrected chi connectivity index (χ1v) is 13.6. The fourth-order valence-electron chi connectivity index (χ4n) is 6.33. The Labute approximate surface area is 217 Å². The van der Waals surface area contributed by atoms with Crippen LogP contribution in [0.1, 0.15) is 46.5 Å². The highest BCUT2D eigenvalue weighted by atomic mass is 79.9. The van der Waals surface area contributed by atoms with Gasteiger partial charge in [0.2, 0.25) is 17.7 Å². The van der Waals surface area contributed by atoms with Crippen molar-refractivity contribution in [3.05, 3.63) is 25.3 Å². The average Bonchev–Trinajstić information content (AvgIpc) is 3.41. The van der Waals surface area contributed by atoms with Crippen LogP contribution in [0.2, 0.25) is 0 Å². The Balaban J connectivity index is 2.12. The first-order valence-electron chi connectivity index (χ1n) is 12.7. The molecule has 0 aromatic rings. The lowest BCUT2D eigenvalue weighted by molar-refractivity contribution is -0.153. The summed E-state index contributed by atoms with van der Waals surface area (Å²) in [6.07, 6.45) is 5.48. The molecule has 0 aromatic heterocycles. The number of amides is 3. The molecule has 35 heavy (non-hydrogen) atoms. The zero-order chi connectivity index (χ0) is 26.1. The van der Waals surface area contributed by atoms with Crippen molar-refractivity contribution >= 4 is 33.7 Å². The van der Waals surface area contributed by atoms with Gasteiger partial charge in [-0.1, -0.05) is 48.4 Å². The number of hydrogen-bond acceptors (Lipinski definition) is 5. The first-order chi connectivity index (χ1) is 16.6. The van der Waals surface area contributed by atoms with E-state index in [4.69, 9.17) is 4.74 Å². The van der Waals surface area contributed by atoms with Crippen molar-refractivity contribution in [2.24, 2.45) is 11.8 Å². The molecule has 4 unspecified atom stereocenters. The first kappa shape index (κ1) is 27.9. The summed E-state index contributed by atoms with van der Waals surface area (Å²) in [6, 6.07) is -1.51. The molecule has 2 bridgehead atoms. The van der Waals surface area contributed by atoms with Gasteiger partial charge in [0.15, 0.2) is 0 Å². The molecule has 196 valence electrons. The normalized spacial score (nSPS) is 32.8. The molecular weight excluding hydrogens is 514 g/mol. The van der Waals surface area contributed by atoms with Crippen molar-refractivity contribution in [3.63, 3.8) is 0 Å². The fourth-order valence-corrected chi connectivity index (χ4v) is 7.27. The van der Waals surface area contributed by atoms with Gasteiger partial charge in [-0.15, -0.1) is 13.2 Å². The van der Waals surface area contributed by atoms with Crippen LogP contribution in [-0.2, 0) is 19.1 Å². The summed E-state index contributed by atoms with van der Waals surface area (Å²) in [5, 5.41) is 10.2. The van der Waals surface area contributed by atoms with Gasteiger partial charge in [0.05, 0.1) is 30.6 Å². The van der Waals surface area contributed by atoms with E-state index < -0.39 is 35.6 Å². The Morgan fingerprint density at radius 3 is 2.49 bits per heavy atom. The summed E-state index contributed by atoms with van der Waals surface area (Å²) >= 11 is 3.70. The van der Waals surface area contributed by atoms with Crippen LogP contribution in [-0.4, -0.2) is 98.9 Å². The number of aliphatic hydroxyl groups is 1. The van der Waals surface area contributed by atoms with Gasteiger partial charge in [0.25, 0.3) is 0 Å². The van der Waals surface area contributed by atoms with Crippen LogP contribution in [0, 0.1) is 11.8 Å². The van der Waals surface area contributed by atoms with Crippen LogP contribution < -0.4 is 0 Å². The molecular formula is C26H40BrN3O5. The highest BCUT2D eigenvalue weighted by Crippen LogP contribution is 2.60. The lowest BCUT2D eigenvalue weighted by Gasteiger charge is -2.41. The number of aliphatic hydroxyl groups excluding tert-OH is 1. The van der Waals surface area contributed by atoms with E-state index in [1.807, 2.05) is 13.8 Å². The van der Waals surface area contributed by atoms with Crippen molar-refractivity contribution < 1.29 is 24.2 Å². The van der Waals surface area contributed by atoms with Crippen molar-refractivity contribution in [3.8, 4) is 0 Å². The monoisotopic (exact) mass is 553 g/mol. The number of nitrogens with zero attached hydrogens (tertiary/aromatic N) is 3. The van der Waals surface area contributed by atoms with Crippen LogP contribution in [0.5, 0.6) is 0 Å². The summed E-state index contributed by atoms with van der Waals surface area (Å²) in [4.78, 5) is 46.6. The highest BCUT2D eigenvalue weighted by Gasteiger charge is 2.77. The Hall–Kier alpha value is -1.71. The van der Waals surface area contributed by atoms with Gasteiger partial charge in [-0.05, 0) is 26.2 Å². The van der Waals surface area contributed by atoms with E-state index in [2.05, 4.69) is 36.0 Å². The predicted octanol–water partition coefficient (Wildman–Crippen LogP) is 2.35. The maximum Gasteiger partial charge on any atom is 0.248 e. The van der Waals surface area contributed by atoms with Crippen LogP contribution >= 0.6 is 15.9 Å². The van der Waals surface area contributed by atoms with E-state index in [9.17, 15) is 19.5 Å². The number of hydrogen-bond donors (Lipinski definition) is 1. The minimum atomic E-state index is -1.13. The third-order valence-corrected chi connectivity index (χ3v) is 8.79. The van der Waals surface area contributed by atoms with E-state index in [0.29, 0.717) is 25.9 Å². The molecule has 3 fully saturated rings. The second kappa shape index (κ2) is 11.1. The SMILES string of the molecule is C=CCN(C)C(=O)[C@H]1[C@@H]2OC3(CC2Br)C(C(=O)N(CC=C)C(C)CCC)N([C@@H](CC)CO)C(=O)[C@H]13. The number of carbonyl (C=O) groups excluding carboxylic acids is 3. The molecule has 8 nitrogen and oxygen atoms in total. The third kappa shape index (κ3) is 4.48. The molecule has 8 atom stereocenters. The van der Waals surface area contributed by atoms with E-state index >= 15 is 0 Å². The van der Waals surface area contributed by atoms with Crippen molar-refractivity contribution in [2.45, 2.75) is 81.1 Å². The molecule has 3 saturated heterocycles. The second-order valence-corrected chi connectivity index (χ2v) is 11.3. The van der Waals surface area contributed by atoms with Crippen LogP contribution in [0.25, 0.3) is 0 Å². The van der Waals surface area contributed by atoms with Crippen LogP contribution in [0.3, 0.4) is 0 Å². The number of likely N-dealkylation sites (N-methyl/N-ethyl adjacent to an activating group) is 1. The number of alkyl halides is 1. The lowest BCUT2D eigenvalue weighted by atomic mass is 9.70. The summed E-state index contributed by atoms with van der Waals surface area (Å²) in [5.41, 5.74) is -1.13. The summed E-state index contributed by atoms with van der Waals surface area (Å²) in [6.45, 7) is 13.9. The van der Waals surface area contributed by atoms with Crippen molar-refractivity contribution in [1.29, 1.82) is 0 Å². The second-order valence-electron chi connectivity index (χ2n) is 10.1. The van der Waals surface area contributed by atoms with Gasteiger partial charge < -0.3 is 24.5 Å². The van der Waals surface area contributed by atoms with Crippen LogP contribution in [0.15, 0.2) is 25.3 Å². The molecule has 3 aliphatic rings. The molecule has 3 rings (SSSR count). The quantitative estimate of drug-likeness (QED) is 0.296. The lowest BCUT2D eigenvalue weighted by Crippen LogP contribution is -2.60. The maximum atomic E-state index is 14.3. The highest BCUT2D eigenvalue weighted by molar-refractivity contribution is 9.09. The number of ether oxygens (including phenoxy) is 1. The standard InChI is InChI=1S/C26H40BrN3O5/c1-7-11-16(5)29(13-9-3)25(34)22-26-14-18(27)21(35-26)19(23(32)28(6)12-8-2)20(26)24(33)30(22)17(10-4)15-31/h8-9,16-22,31H,2-3,7,10-15H2,1,4-6H3/t16?,17-,18?,19+,20-,21+,22?,26?/m0/s1. The van der Waals surface area contributed by atoms with Crippen molar-refractivity contribution in [1.82, 2.24) is 14.7 Å². The number of halogens is 1. The van der Waals surface area contributed by atoms with Crippen molar-refractivity contribution in [2.75, 3.05) is 26.7 Å². The van der Waals surface area contributed by atoms with Gasteiger partial charge in [-0.2, -0.15) is 0 Å². The topological polar surface area (TPSA) is 90.4 Å². The Kier molecular flexibility index (Phi) is 8.86. The largest absolute Gasteiger partial charge is 0.394 e. The number of rotatable bonds is 12. The van der Waals surface area contributed by atoms with Crippen LogP contribution in [0.4, 0.5) is 0 Å².